The first-order chi connectivity index (χ1) is 10.9. The predicted molar refractivity (Wildman–Crippen MR) is 91.1 cm³/mol. The number of amides is 1. The number of nitrogens with one attached hydrogen (secondary N) is 1. The monoisotopic (exact) mass is 335 g/mol. The molecule has 0 spiro atoms. The molecule has 1 heterocycles. The summed E-state index contributed by atoms with van der Waals surface area (Å²) in [5.74, 6) is 0.622. The second kappa shape index (κ2) is 7.57. The summed E-state index contributed by atoms with van der Waals surface area (Å²) in [7, 11) is 0. The Morgan fingerprint density at radius 2 is 2.04 bits per heavy atom. The van der Waals surface area contributed by atoms with Gasteiger partial charge in [-0.05, 0) is 25.5 Å². The molecule has 2 aromatic rings. The van der Waals surface area contributed by atoms with Crippen molar-refractivity contribution in [2.24, 2.45) is 5.73 Å². The van der Waals surface area contributed by atoms with Gasteiger partial charge in [-0.3, -0.25) is 4.79 Å². The predicted octanol–water partition coefficient (Wildman–Crippen LogP) is 2.51. The fourth-order valence-corrected chi connectivity index (χ4v) is 2.30. The van der Waals surface area contributed by atoms with E-state index in [1.807, 2.05) is 39.0 Å². The molecule has 1 atom stereocenters. The van der Waals surface area contributed by atoms with Crippen molar-refractivity contribution in [1.82, 2.24) is 20.1 Å². The average Bonchev–Trinajstić information content (AvgIpc) is 2.92. The molecule has 0 saturated carbocycles. The number of para-hydroxylation sites is 1. The highest BCUT2D eigenvalue weighted by molar-refractivity contribution is 6.32. The number of benzene rings is 1. The highest BCUT2D eigenvalue weighted by Gasteiger charge is 2.20. The van der Waals surface area contributed by atoms with Gasteiger partial charge in [-0.1, -0.05) is 37.6 Å². The molecule has 2 rings (SSSR count). The van der Waals surface area contributed by atoms with E-state index in [4.69, 9.17) is 17.3 Å². The van der Waals surface area contributed by atoms with Crippen LogP contribution >= 0.6 is 11.6 Å². The summed E-state index contributed by atoms with van der Waals surface area (Å²) in [5, 5.41) is 7.68. The molecule has 1 unspecified atom stereocenters. The zero-order valence-electron chi connectivity index (χ0n) is 13.6. The Hall–Kier alpha value is -1.92. The van der Waals surface area contributed by atoms with Gasteiger partial charge in [0, 0.05) is 18.5 Å². The van der Waals surface area contributed by atoms with Gasteiger partial charge in [0.25, 0.3) is 5.91 Å². The highest BCUT2D eigenvalue weighted by atomic mass is 35.5. The van der Waals surface area contributed by atoms with Crippen LogP contribution in [0.5, 0.6) is 0 Å². The van der Waals surface area contributed by atoms with Crippen LogP contribution in [0.2, 0.25) is 5.02 Å². The fourth-order valence-electron chi connectivity index (χ4n) is 2.09. The highest BCUT2D eigenvalue weighted by Crippen LogP contribution is 2.23. The molecule has 7 heteroatoms. The number of halogens is 1. The van der Waals surface area contributed by atoms with E-state index in [1.165, 1.54) is 0 Å². The first-order valence-electron chi connectivity index (χ1n) is 7.65. The number of nitrogens with two attached hydrogens (primary N) is 1. The normalized spacial score (nSPS) is 12.4. The molecule has 1 amide bonds. The second-order valence-corrected chi connectivity index (χ2v) is 6.24. The Bertz CT molecular complexity index is 681. The number of rotatable bonds is 6. The number of hydrogen-bond acceptors (Lipinski definition) is 4. The topological polar surface area (TPSA) is 85.8 Å². The van der Waals surface area contributed by atoms with Crippen molar-refractivity contribution in [2.75, 3.05) is 6.54 Å². The van der Waals surface area contributed by atoms with Crippen LogP contribution in [0.3, 0.4) is 0 Å². The standard InChI is InChI=1S/C16H22ClN5O/c1-10(2)15-20-14(16(23)19-9-8-11(3)18)21-22(15)13-7-5-4-6-12(13)17/h4-7,10-11H,8-9,18H2,1-3H3,(H,19,23). The molecule has 0 aliphatic heterocycles. The van der Waals surface area contributed by atoms with E-state index in [-0.39, 0.29) is 23.7 Å². The van der Waals surface area contributed by atoms with Crippen molar-refractivity contribution in [1.29, 1.82) is 0 Å². The molecule has 0 fully saturated rings. The lowest BCUT2D eigenvalue weighted by molar-refractivity contribution is 0.0942. The number of carbonyl (C=O) groups excluding carboxylic acids is 1. The van der Waals surface area contributed by atoms with Gasteiger partial charge in [0.1, 0.15) is 5.82 Å². The van der Waals surface area contributed by atoms with Crippen molar-refractivity contribution in [3.05, 3.63) is 40.9 Å². The minimum absolute atomic E-state index is 0.0372. The van der Waals surface area contributed by atoms with Gasteiger partial charge in [0.05, 0.1) is 10.7 Å². The number of aromatic nitrogens is 3. The molecule has 6 nitrogen and oxygen atoms in total. The quantitative estimate of drug-likeness (QED) is 0.849. The van der Waals surface area contributed by atoms with Crippen LogP contribution in [-0.4, -0.2) is 33.3 Å². The lowest BCUT2D eigenvalue weighted by Crippen LogP contribution is -2.29. The van der Waals surface area contributed by atoms with Crippen LogP contribution in [0.4, 0.5) is 0 Å². The summed E-state index contributed by atoms with van der Waals surface area (Å²) in [4.78, 5) is 16.6. The van der Waals surface area contributed by atoms with Gasteiger partial charge in [-0.25, -0.2) is 9.67 Å². The summed E-state index contributed by atoms with van der Waals surface area (Å²) in [6.07, 6.45) is 0.702. The Morgan fingerprint density at radius 3 is 2.65 bits per heavy atom. The minimum atomic E-state index is -0.307. The van der Waals surface area contributed by atoms with Gasteiger partial charge >= 0.3 is 0 Å². The Labute approximate surface area is 141 Å². The van der Waals surface area contributed by atoms with Crippen molar-refractivity contribution in [2.45, 2.75) is 39.2 Å². The summed E-state index contributed by atoms with van der Waals surface area (Å²) >= 11 is 6.24. The fraction of sp³-hybridized carbons (Fsp3) is 0.438. The summed E-state index contributed by atoms with van der Waals surface area (Å²) < 4.78 is 1.63. The van der Waals surface area contributed by atoms with Crippen molar-refractivity contribution < 1.29 is 4.79 Å². The summed E-state index contributed by atoms with van der Waals surface area (Å²) in [6.45, 7) is 6.38. The van der Waals surface area contributed by atoms with Crippen LogP contribution in [0.25, 0.3) is 5.69 Å². The first kappa shape index (κ1) is 17.4. The summed E-state index contributed by atoms with van der Waals surface area (Å²) in [6, 6.07) is 7.38. The van der Waals surface area contributed by atoms with Crippen LogP contribution in [-0.2, 0) is 0 Å². The average molecular weight is 336 g/mol. The zero-order chi connectivity index (χ0) is 17.0. The van der Waals surface area contributed by atoms with Crippen molar-refractivity contribution >= 4 is 17.5 Å². The van der Waals surface area contributed by atoms with Crippen LogP contribution < -0.4 is 11.1 Å². The van der Waals surface area contributed by atoms with Crippen LogP contribution in [0.15, 0.2) is 24.3 Å². The van der Waals surface area contributed by atoms with Gasteiger partial charge in [0.2, 0.25) is 5.82 Å². The van der Waals surface area contributed by atoms with E-state index in [1.54, 1.807) is 10.7 Å². The number of hydrogen-bond donors (Lipinski definition) is 2. The van der Waals surface area contributed by atoms with E-state index in [9.17, 15) is 4.79 Å². The van der Waals surface area contributed by atoms with E-state index in [0.29, 0.717) is 29.5 Å². The molecule has 0 aliphatic rings. The van der Waals surface area contributed by atoms with E-state index in [2.05, 4.69) is 15.4 Å². The maximum atomic E-state index is 12.2. The van der Waals surface area contributed by atoms with E-state index >= 15 is 0 Å². The smallest absolute Gasteiger partial charge is 0.290 e. The largest absolute Gasteiger partial charge is 0.349 e. The maximum Gasteiger partial charge on any atom is 0.290 e. The Kier molecular flexibility index (Phi) is 5.74. The molecule has 124 valence electrons. The molecule has 0 saturated heterocycles. The number of nitrogens with zero attached hydrogens (tertiary/aromatic N) is 3. The maximum absolute atomic E-state index is 12.2. The van der Waals surface area contributed by atoms with Gasteiger partial charge < -0.3 is 11.1 Å². The third-order valence-electron chi connectivity index (χ3n) is 3.32. The van der Waals surface area contributed by atoms with Gasteiger partial charge in [-0.2, -0.15) is 0 Å². The van der Waals surface area contributed by atoms with Crippen LogP contribution in [0, 0.1) is 0 Å². The van der Waals surface area contributed by atoms with Crippen LogP contribution in [0.1, 0.15) is 49.6 Å². The molecular weight excluding hydrogens is 314 g/mol. The number of carbonyl (C=O) groups is 1. The molecule has 3 N–H and O–H groups in total. The van der Waals surface area contributed by atoms with Gasteiger partial charge in [-0.15, -0.1) is 5.10 Å². The molecule has 1 aromatic carbocycles. The van der Waals surface area contributed by atoms with Crippen molar-refractivity contribution in [3.8, 4) is 5.69 Å². The first-order valence-corrected chi connectivity index (χ1v) is 8.03. The van der Waals surface area contributed by atoms with E-state index in [0.717, 1.165) is 0 Å². The lowest BCUT2D eigenvalue weighted by atomic mass is 10.2. The second-order valence-electron chi connectivity index (χ2n) is 5.83. The minimum Gasteiger partial charge on any atom is -0.349 e. The summed E-state index contributed by atoms with van der Waals surface area (Å²) in [5.41, 5.74) is 6.38. The third-order valence-corrected chi connectivity index (χ3v) is 3.64. The lowest BCUT2D eigenvalue weighted by Gasteiger charge is -2.09. The SMILES string of the molecule is CC(N)CCNC(=O)c1nc(C(C)C)n(-c2ccccc2Cl)n1. The Morgan fingerprint density at radius 1 is 1.35 bits per heavy atom. The molecular formula is C16H22ClN5O. The molecule has 0 aliphatic carbocycles. The zero-order valence-corrected chi connectivity index (χ0v) is 14.3. The molecule has 23 heavy (non-hydrogen) atoms. The molecule has 0 radical (unpaired) electrons. The Balaban J connectivity index is 2.29. The van der Waals surface area contributed by atoms with Gasteiger partial charge in [0.15, 0.2) is 0 Å². The van der Waals surface area contributed by atoms with E-state index < -0.39 is 0 Å². The van der Waals surface area contributed by atoms with Crippen molar-refractivity contribution in [3.63, 3.8) is 0 Å². The molecule has 0 bridgehead atoms. The molecule has 1 aromatic heterocycles. The third kappa shape index (κ3) is 4.30.